The second-order valence-electron chi connectivity index (χ2n) is 3.31. The van der Waals surface area contributed by atoms with Gasteiger partial charge in [-0.1, -0.05) is 24.3 Å². The molecule has 0 aromatic carbocycles. The molecule has 0 aromatic rings. The molecular formula is C10H10O. The van der Waals surface area contributed by atoms with Crippen LogP contribution in [0, 0.1) is 0 Å². The van der Waals surface area contributed by atoms with Crippen LogP contribution in [-0.2, 0) is 4.74 Å². The van der Waals surface area contributed by atoms with Gasteiger partial charge in [-0.3, -0.25) is 0 Å². The maximum absolute atomic E-state index is 5.47. The Kier molecular flexibility index (Phi) is 0.977. The molecule has 0 spiro atoms. The fourth-order valence-electron chi connectivity index (χ4n) is 1.92. The van der Waals surface area contributed by atoms with E-state index in [9.17, 15) is 0 Å². The van der Waals surface area contributed by atoms with E-state index in [-0.39, 0.29) is 0 Å². The fraction of sp³-hybridized carbons (Fsp3) is 0.400. The lowest BCUT2D eigenvalue weighted by atomic mass is 9.90. The first-order valence-electron chi connectivity index (χ1n) is 4.16. The molecule has 0 aromatic heterocycles. The molecule has 1 heteroatoms. The highest BCUT2D eigenvalue weighted by Gasteiger charge is 2.42. The predicted molar refractivity (Wildman–Crippen MR) is 43.2 cm³/mol. The van der Waals surface area contributed by atoms with Crippen LogP contribution < -0.4 is 0 Å². The molecule has 2 unspecified atom stereocenters. The molecule has 0 amide bonds. The summed E-state index contributed by atoms with van der Waals surface area (Å²) in [6, 6.07) is 0. The lowest BCUT2D eigenvalue weighted by Gasteiger charge is -2.13. The van der Waals surface area contributed by atoms with Gasteiger partial charge in [-0.2, -0.15) is 0 Å². The molecule has 2 atom stereocenters. The smallest absolute Gasteiger partial charge is 0.110 e. The van der Waals surface area contributed by atoms with Crippen LogP contribution in [0.2, 0.25) is 0 Å². The summed E-state index contributed by atoms with van der Waals surface area (Å²) >= 11 is 0. The molecule has 11 heavy (non-hydrogen) atoms. The first kappa shape index (κ1) is 5.78. The van der Waals surface area contributed by atoms with Gasteiger partial charge in [0.1, 0.15) is 12.2 Å². The third-order valence-electron chi connectivity index (χ3n) is 2.61. The van der Waals surface area contributed by atoms with E-state index in [0.29, 0.717) is 12.2 Å². The molecule has 0 saturated carbocycles. The van der Waals surface area contributed by atoms with Crippen LogP contribution in [0.5, 0.6) is 0 Å². The predicted octanol–water partition coefficient (Wildman–Crippen LogP) is 1.97. The number of hydrogen-bond donors (Lipinski definition) is 0. The Morgan fingerprint density at radius 3 is 3.18 bits per heavy atom. The van der Waals surface area contributed by atoms with Gasteiger partial charge in [0.15, 0.2) is 0 Å². The maximum Gasteiger partial charge on any atom is 0.110 e. The summed E-state index contributed by atoms with van der Waals surface area (Å²) in [4.78, 5) is 0. The second kappa shape index (κ2) is 1.86. The number of hydrogen-bond acceptors (Lipinski definition) is 1. The lowest BCUT2D eigenvalue weighted by Crippen LogP contribution is -2.06. The fourth-order valence-corrected chi connectivity index (χ4v) is 1.92. The highest BCUT2D eigenvalue weighted by molar-refractivity contribution is 5.43. The molecule has 0 bridgehead atoms. The van der Waals surface area contributed by atoms with Gasteiger partial charge in [0.2, 0.25) is 0 Å². The molecule has 56 valence electrons. The Morgan fingerprint density at radius 2 is 2.18 bits per heavy atom. The zero-order chi connectivity index (χ0) is 7.26. The standard InChI is InChI=1S/C10H10O/c1-2-4-8-7(3-1)5-6-9-10(8)11-9/h1-2,5-6,9-10H,3-4H2. The zero-order valence-corrected chi connectivity index (χ0v) is 6.29. The van der Waals surface area contributed by atoms with Crippen molar-refractivity contribution in [1.82, 2.24) is 0 Å². The van der Waals surface area contributed by atoms with Crippen LogP contribution in [0.3, 0.4) is 0 Å². The largest absolute Gasteiger partial charge is 0.360 e. The van der Waals surface area contributed by atoms with E-state index in [1.54, 1.807) is 0 Å². The zero-order valence-electron chi connectivity index (χ0n) is 6.29. The monoisotopic (exact) mass is 146 g/mol. The Bertz CT molecular complexity index is 283. The minimum atomic E-state index is 0.431. The van der Waals surface area contributed by atoms with Crippen molar-refractivity contribution in [2.45, 2.75) is 25.0 Å². The van der Waals surface area contributed by atoms with Gasteiger partial charge in [0.25, 0.3) is 0 Å². The van der Waals surface area contributed by atoms with E-state index in [4.69, 9.17) is 4.74 Å². The summed E-state index contributed by atoms with van der Waals surface area (Å²) in [6.45, 7) is 0. The van der Waals surface area contributed by atoms with Crippen molar-refractivity contribution in [3.05, 3.63) is 35.5 Å². The van der Waals surface area contributed by atoms with Crippen LogP contribution >= 0.6 is 0 Å². The van der Waals surface area contributed by atoms with Gasteiger partial charge >= 0.3 is 0 Å². The SMILES string of the molecule is C1=CCC2=C(C=CC3OC23)C1. The van der Waals surface area contributed by atoms with E-state index in [1.165, 1.54) is 11.1 Å². The van der Waals surface area contributed by atoms with Gasteiger partial charge in [0.05, 0.1) is 0 Å². The van der Waals surface area contributed by atoms with Gasteiger partial charge in [0, 0.05) is 0 Å². The Morgan fingerprint density at radius 1 is 1.27 bits per heavy atom. The van der Waals surface area contributed by atoms with Crippen molar-refractivity contribution in [3.63, 3.8) is 0 Å². The molecule has 3 rings (SSSR count). The van der Waals surface area contributed by atoms with E-state index < -0.39 is 0 Å². The average Bonchev–Trinajstić information content (AvgIpc) is 2.83. The average molecular weight is 146 g/mol. The van der Waals surface area contributed by atoms with Crippen LogP contribution in [0.25, 0.3) is 0 Å². The molecule has 1 nitrogen and oxygen atoms in total. The molecule has 3 aliphatic rings. The van der Waals surface area contributed by atoms with Crippen LogP contribution in [0.15, 0.2) is 35.5 Å². The summed E-state index contributed by atoms with van der Waals surface area (Å²) in [7, 11) is 0. The van der Waals surface area contributed by atoms with Crippen LogP contribution in [0.1, 0.15) is 12.8 Å². The molecule has 1 saturated heterocycles. The summed E-state index contributed by atoms with van der Waals surface area (Å²) in [5, 5.41) is 0. The van der Waals surface area contributed by atoms with E-state index in [0.717, 1.165) is 12.8 Å². The number of rotatable bonds is 0. The van der Waals surface area contributed by atoms with Gasteiger partial charge < -0.3 is 4.74 Å². The third-order valence-corrected chi connectivity index (χ3v) is 2.61. The number of epoxide rings is 1. The second-order valence-corrected chi connectivity index (χ2v) is 3.31. The molecule has 1 heterocycles. The minimum absolute atomic E-state index is 0.431. The van der Waals surface area contributed by atoms with Crippen molar-refractivity contribution >= 4 is 0 Å². The number of allylic oxidation sites excluding steroid dienone is 4. The molecule has 0 N–H and O–H groups in total. The van der Waals surface area contributed by atoms with Crippen molar-refractivity contribution in [2.75, 3.05) is 0 Å². The van der Waals surface area contributed by atoms with Crippen molar-refractivity contribution in [2.24, 2.45) is 0 Å². The number of ether oxygens (including phenoxy) is 1. The quantitative estimate of drug-likeness (QED) is 0.376. The number of fused-ring (bicyclic) bond motifs is 2. The summed E-state index contributed by atoms with van der Waals surface area (Å²) < 4.78 is 5.47. The van der Waals surface area contributed by atoms with Gasteiger partial charge in [-0.15, -0.1) is 0 Å². The van der Waals surface area contributed by atoms with Gasteiger partial charge in [-0.05, 0) is 24.0 Å². The van der Waals surface area contributed by atoms with Crippen molar-refractivity contribution in [1.29, 1.82) is 0 Å². The Balaban J connectivity index is 2.02. The van der Waals surface area contributed by atoms with E-state index in [1.807, 2.05) is 0 Å². The summed E-state index contributed by atoms with van der Waals surface area (Å²) in [5.74, 6) is 0. The normalized spacial score (nSPS) is 38.5. The summed E-state index contributed by atoms with van der Waals surface area (Å²) in [5.41, 5.74) is 3.02. The Labute approximate surface area is 66.1 Å². The van der Waals surface area contributed by atoms with Crippen LogP contribution in [-0.4, -0.2) is 12.2 Å². The lowest BCUT2D eigenvalue weighted by molar-refractivity contribution is 0.406. The molecule has 2 aliphatic carbocycles. The van der Waals surface area contributed by atoms with E-state index in [2.05, 4.69) is 24.3 Å². The van der Waals surface area contributed by atoms with Crippen molar-refractivity contribution in [3.8, 4) is 0 Å². The highest BCUT2D eigenvalue weighted by atomic mass is 16.6. The first-order chi connectivity index (χ1) is 5.45. The maximum atomic E-state index is 5.47. The molecular weight excluding hydrogens is 136 g/mol. The van der Waals surface area contributed by atoms with E-state index >= 15 is 0 Å². The van der Waals surface area contributed by atoms with Crippen molar-refractivity contribution < 1.29 is 4.74 Å². The third kappa shape index (κ3) is 0.746. The first-order valence-corrected chi connectivity index (χ1v) is 4.16. The molecule has 0 radical (unpaired) electrons. The molecule has 1 fully saturated rings. The summed E-state index contributed by atoms with van der Waals surface area (Å²) in [6.07, 6.45) is 12.0. The highest BCUT2D eigenvalue weighted by Crippen LogP contribution is 2.40. The topological polar surface area (TPSA) is 12.5 Å². The molecule has 1 aliphatic heterocycles. The minimum Gasteiger partial charge on any atom is -0.360 e. The van der Waals surface area contributed by atoms with Gasteiger partial charge in [-0.25, -0.2) is 0 Å². The Hall–Kier alpha value is -0.820. The van der Waals surface area contributed by atoms with Crippen LogP contribution in [0.4, 0.5) is 0 Å².